The van der Waals surface area contributed by atoms with Gasteiger partial charge in [-0.05, 0) is 31.7 Å². The maximum atomic E-state index is 12.7. The number of halogens is 1. The van der Waals surface area contributed by atoms with Crippen LogP contribution < -0.4 is 10.6 Å². The third-order valence-corrected chi connectivity index (χ3v) is 6.56. The van der Waals surface area contributed by atoms with E-state index in [-0.39, 0.29) is 0 Å². The number of rotatable bonds is 7. The molecule has 33 heavy (non-hydrogen) atoms. The lowest BCUT2D eigenvalue weighted by atomic mass is 9.86. The van der Waals surface area contributed by atoms with Crippen molar-refractivity contribution in [3.05, 3.63) is 46.4 Å². The van der Waals surface area contributed by atoms with Crippen molar-refractivity contribution in [1.29, 1.82) is 0 Å². The minimum absolute atomic E-state index is 0.301. The predicted octanol–water partition coefficient (Wildman–Crippen LogP) is 4.59. The lowest BCUT2D eigenvalue weighted by Crippen LogP contribution is -2.21. The molecule has 1 fully saturated rings. The fourth-order valence-electron chi connectivity index (χ4n) is 3.53. The molecule has 2 N–H and O–H groups in total. The average Bonchev–Trinajstić information content (AvgIpc) is 3.40. The van der Waals surface area contributed by atoms with Crippen molar-refractivity contribution in [3.63, 3.8) is 0 Å². The molecule has 4 aromatic heterocycles. The number of nitrogens with zero attached hydrogens (tertiary/aromatic N) is 6. The summed E-state index contributed by atoms with van der Waals surface area (Å²) >= 11 is 7.80. The first-order valence-corrected chi connectivity index (χ1v) is 11.7. The van der Waals surface area contributed by atoms with Gasteiger partial charge in [-0.1, -0.05) is 29.4 Å². The summed E-state index contributed by atoms with van der Waals surface area (Å²) in [5, 5.41) is 14.8. The van der Waals surface area contributed by atoms with Crippen LogP contribution in [0.1, 0.15) is 29.8 Å². The number of nitrogens with one attached hydrogen (secondary N) is 2. The van der Waals surface area contributed by atoms with E-state index in [0.717, 1.165) is 20.9 Å². The maximum absolute atomic E-state index is 12.7. The Morgan fingerprint density at radius 2 is 2.06 bits per heavy atom. The third-order valence-electron chi connectivity index (χ3n) is 5.40. The molecule has 0 spiro atoms. The van der Waals surface area contributed by atoms with E-state index in [4.69, 9.17) is 16.3 Å². The molecule has 0 unspecified atom stereocenters. The lowest BCUT2D eigenvalue weighted by molar-refractivity contribution is 0.0604. The first-order valence-electron chi connectivity index (χ1n) is 10.5. The molecule has 10 nitrogen and oxygen atoms in total. The van der Waals surface area contributed by atoms with E-state index in [0.29, 0.717) is 41.3 Å². The van der Waals surface area contributed by atoms with E-state index in [9.17, 15) is 4.79 Å². The van der Waals surface area contributed by atoms with Crippen molar-refractivity contribution in [2.45, 2.75) is 32.8 Å². The lowest BCUT2D eigenvalue weighted by Gasteiger charge is -2.25. The molecule has 12 heteroatoms. The summed E-state index contributed by atoms with van der Waals surface area (Å²) < 4.78 is 5.97. The number of thiazole rings is 1. The Hall–Kier alpha value is -3.15. The zero-order valence-electron chi connectivity index (χ0n) is 17.8. The minimum Gasteiger partial charge on any atom is -0.376 e. The van der Waals surface area contributed by atoms with Gasteiger partial charge < -0.3 is 15.4 Å². The standard InChI is InChI=1S/C21H21ClN8O2S/c1-12-27-18-15(11-32-10-13-3-2-4-13)17(9-24-20(18)33-12)29-21(31)28-14-7-16(22)19(23-8-14)30-25-5-6-26-30/h5-9,13H,2-4,10-11H2,1H3,(H2,28,29,31). The van der Waals surface area contributed by atoms with Gasteiger partial charge in [0.1, 0.15) is 10.3 Å². The molecule has 2 amide bonds. The van der Waals surface area contributed by atoms with Gasteiger partial charge in [-0.15, -0.1) is 4.80 Å². The van der Waals surface area contributed by atoms with Crippen LogP contribution in [0.5, 0.6) is 0 Å². The number of fused-ring (bicyclic) bond motifs is 1. The molecular formula is C21H21ClN8O2S. The number of amides is 2. The Morgan fingerprint density at radius 3 is 2.79 bits per heavy atom. The first-order chi connectivity index (χ1) is 16.1. The van der Waals surface area contributed by atoms with Gasteiger partial charge in [0.25, 0.3) is 0 Å². The average molecular weight is 485 g/mol. The second-order valence-electron chi connectivity index (χ2n) is 7.78. The molecule has 0 atom stereocenters. The van der Waals surface area contributed by atoms with Crippen LogP contribution in [0.25, 0.3) is 16.2 Å². The van der Waals surface area contributed by atoms with E-state index in [1.807, 2.05) is 6.92 Å². The highest BCUT2D eigenvalue weighted by Crippen LogP contribution is 2.31. The van der Waals surface area contributed by atoms with Crippen LogP contribution >= 0.6 is 22.9 Å². The van der Waals surface area contributed by atoms with Gasteiger partial charge in [0.15, 0.2) is 5.82 Å². The van der Waals surface area contributed by atoms with Crippen molar-refractivity contribution in [2.75, 3.05) is 17.2 Å². The molecule has 0 aromatic carbocycles. The second-order valence-corrected chi connectivity index (χ2v) is 9.37. The van der Waals surface area contributed by atoms with Crippen LogP contribution in [-0.4, -0.2) is 42.6 Å². The molecular weight excluding hydrogens is 464 g/mol. The Balaban J connectivity index is 1.32. The first kappa shape index (κ1) is 21.7. The molecule has 4 heterocycles. The predicted molar refractivity (Wildman–Crippen MR) is 126 cm³/mol. The molecule has 4 aromatic rings. The van der Waals surface area contributed by atoms with E-state index in [1.54, 1.807) is 12.3 Å². The van der Waals surface area contributed by atoms with Crippen LogP contribution in [-0.2, 0) is 11.3 Å². The summed E-state index contributed by atoms with van der Waals surface area (Å²) in [7, 11) is 0. The number of anilines is 2. The molecule has 5 rings (SSSR count). The number of pyridine rings is 2. The van der Waals surface area contributed by atoms with Gasteiger partial charge >= 0.3 is 6.03 Å². The summed E-state index contributed by atoms with van der Waals surface area (Å²) in [5.41, 5.74) is 2.55. The molecule has 170 valence electrons. The van der Waals surface area contributed by atoms with Crippen LogP contribution in [0.2, 0.25) is 5.02 Å². The Morgan fingerprint density at radius 1 is 1.24 bits per heavy atom. The third kappa shape index (κ3) is 4.80. The molecule has 0 aliphatic heterocycles. The Labute approximate surface area is 198 Å². The zero-order valence-corrected chi connectivity index (χ0v) is 19.4. The van der Waals surface area contributed by atoms with Gasteiger partial charge in [0.2, 0.25) is 0 Å². The van der Waals surface area contributed by atoms with Crippen molar-refractivity contribution in [2.24, 2.45) is 5.92 Å². The Bertz CT molecular complexity index is 1290. The van der Waals surface area contributed by atoms with Crippen LogP contribution in [0, 0.1) is 12.8 Å². The van der Waals surface area contributed by atoms with Crippen LogP contribution in [0.15, 0.2) is 30.9 Å². The number of carbonyl (C=O) groups is 1. The fraction of sp³-hybridized carbons (Fsp3) is 0.333. The molecule has 1 aliphatic carbocycles. The minimum atomic E-state index is -0.453. The zero-order chi connectivity index (χ0) is 22.8. The van der Waals surface area contributed by atoms with Crippen molar-refractivity contribution in [1.82, 2.24) is 29.9 Å². The monoisotopic (exact) mass is 484 g/mol. The maximum Gasteiger partial charge on any atom is 0.323 e. The van der Waals surface area contributed by atoms with Gasteiger partial charge in [-0.2, -0.15) is 10.2 Å². The number of carbonyl (C=O) groups excluding carboxylic acids is 1. The van der Waals surface area contributed by atoms with Gasteiger partial charge in [0, 0.05) is 12.2 Å². The number of urea groups is 1. The highest BCUT2D eigenvalue weighted by atomic mass is 35.5. The number of hydrogen-bond acceptors (Lipinski definition) is 8. The smallest absolute Gasteiger partial charge is 0.323 e. The second kappa shape index (κ2) is 9.38. The number of ether oxygens (including phenoxy) is 1. The summed E-state index contributed by atoms with van der Waals surface area (Å²) in [6.07, 6.45) is 9.86. The normalized spacial score (nSPS) is 13.8. The number of aromatic nitrogens is 6. The van der Waals surface area contributed by atoms with Gasteiger partial charge in [0.05, 0.1) is 52.8 Å². The van der Waals surface area contributed by atoms with E-state index in [1.165, 1.54) is 54.0 Å². The van der Waals surface area contributed by atoms with Crippen molar-refractivity contribution < 1.29 is 9.53 Å². The van der Waals surface area contributed by atoms with Crippen LogP contribution in [0.3, 0.4) is 0 Å². The molecule has 0 bridgehead atoms. The number of aryl methyl sites for hydroxylation is 1. The van der Waals surface area contributed by atoms with Gasteiger partial charge in [-0.3, -0.25) is 0 Å². The molecule has 1 aliphatic rings. The summed E-state index contributed by atoms with van der Waals surface area (Å²) in [6.45, 7) is 3.00. The molecule has 0 radical (unpaired) electrons. The summed E-state index contributed by atoms with van der Waals surface area (Å²) in [5.74, 6) is 0.989. The van der Waals surface area contributed by atoms with E-state index in [2.05, 4.69) is 35.8 Å². The highest BCUT2D eigenvalue weighted by molar-refractivity contribution is 7.18. The molecule has 0 saturated heterocycles. The summed E-state index contributed by atoms with van der Waals surface area (Å²) in [6, 6.07) is 1.13. The quantitative estimate of drug-likeness (QED) is 0.393. The Kier molecular flexibility index (Phi) is 6.16. The number of hydrogen-bond donors (Lipinski definition) is 2. The van der Waals surface area contributed by atoms with Crippen molar-refractivity contribution in [3.8, 4) is 5.82 Å². The largest absolute Gasteiger partial charge is 0.376 e. The van der Waals surface area contributed by atoms with E-state index < -0.39 is 6.03 Å². The molecule has 1 saturated carbocycles. The van der Waals surface area contributed by atoms with E-state index >= 15 is 0 Å². The van der Waals surface area contributed by atoms with Gasteiger partial charge in [-0.25, -0.2) is 19.7 Å². The topological polar surface area (TPSA) is 120 Å². The summed E-state index contributed by atoms with van der Waals surface area (Å²) in [4.78, 5) is 28.1. The SMILES string of the molecule is Cc1nc2c(COCC3CCC3)c(NC(=O)Nc3cnc(-n4nccn4)c(Cl)c3)cnc2s1. The van der Waals surface area contributed by atoms with Crippen LogP contribution in [0.4, 0.5) is 16.2 Å². The van der Waals surface area contributed by atoms with Crippen molar-refractivity contribution >= 4 is 50.7 Å². The fourth-order valence-corrected chi connectivity index (χ4v) is 4.56. The highest BCUT2D eigenvalue weighted by Gasteiger charge is 2.20.